The summed E-state index contributed by atoms with van der Waals surface area (Å²) in [4.78, 5) is 13.3. The second-order valence-corrected chi connectivity index (χ2v) is 10.8. The largest absolute Gasteiger partial charge is 0.435 e. The molecule has 1 amide bonds. The van der Waals surface area contributed by atoms with E-state index in [4.69, 9.17) is 0 Å². The molecular formula is C29H25F3IN5O2. The molecule has 3 N–H and O–H groups in total. The lowest BCUT2D eigenvalue weighted by Crippen LogP contribution is -2.48. The molecule has 11 heteroatoms. The molecule has 0 aliphatic carbocycles. The van der Waals surface area contributed by atoms with Crippen molar-refractivity contribution in [3.8, 4) is 11.8 Å². The Bertz CT molecular complexity index is 1550. The number of hydrogen-bond donors (Lipinski definition) is 3. The minimum Gasteiger partial charge on any atom is -0.381 e. The number of carbonyl (C=O) groups excluding carboxylic acids is 1. The van der Waals surface area contributed by atoms with Gasteiger partial charge in [-0.15, -0.1) is 0 Å². The molecule has 0 radical (unpaired) electrons. The van der Waals surface area contributed by atoms with Crippen LogP contribution >= 0.6 is 22.6 Å². The van der Waals surface area contributed by atoms with Crippen molar-refractivity contribution in [3.63, 3.8) is 0 Å². The van der Waals surface area contributed by atoms with Crippen LogP contribution in [0.2, 0.25) is 0 Å². The van der Waals surface area contributed by atoms with E-state index >= 15 is 0 Å². The lowest BCUT2D eigenvalue weighted by Gasteiger charge is -2.34. The molecule has 0 saturated carbocycles. The number of halogens is 4. The van der Waals surface area contributed by atoms with E-state index in [9.17, 15) is 28.3 Å². The SMILES string of the molecule is CC(C)(NC(c1ccccc1)c1cccc(NC(=O)c2cc(C(F)(F)F)nn2-c2cccc(C#N)c2)c1)C(O)I. The molecule has 40 heavy (non-hydrogen) atoms. The van der Waals surface area contributed by atoms with Gasteiger partial charge in [-0.3, -0.25) is 10.1 Å². The van der Waals surface area contributed by atoms with Crippen LogP contribution in [0.1, 0.15) is 52.8 Å². The predicted octanol–water partition coefficient (Wildman–Crippen LogP) is 6.23. The molecule has 0 aliphatic heterocycles. The highest BCUT2D eigenvalue weighted by Gasteiger charge is 2.36. The molecule has 1 heterocycles. The van der Waals surface area contributed by atoms with E-state index in [1.807, 2.05) is 78.9 Å². The molecule has 2 atom stereocenters. The first-order chi connectivity index (χ1) is 18.9. The van der Waals surface area contributed by atoms with Crippen molar-refractivity contribution >= 4 is 34.2 Å². The molecule has 0 spiro atoms. The zero-order valence-corrected chi connectivity index (χ0v) is 23.6. The van der Waals surface area contributed by atoms with Crippen LogP contribution < -0.4 is 10.6 Å². The molecule has 0 aliphatic rings. The zero-order valence-electron chi connectivity index (χ0n) is 21.4. The second kappa shape index (κ2) is 11.8. The van der Waals surface area contributed by atoms with Crippen molar-refractivity contribution in [1.82, 2.24) is 15.1 Å². The van der Waals surface area contributed by atoms with Gasteiger partial charge in [0.1, 0.15) is 9.80 Å². The van der Waals surface area contributed by atoms with Crippen LogP contribution in [0, 0.1) is 11.3 Å². The van der Waals surface area contributed by atoms with Crippen LogP contribution in [0.25, 0.3) is 5.69 Å². The molecule has 0 saturated heterocycles. The number of carbonyl (C=O) groups is 1. The third-order valence-electron chi connectivity index (χ3n) is 6.17. The molecule has 7 nitrogen and oxygen atoms in total. The molecule has 0 bridgehead atoms. The van der Waals surface area contributed by atoms with Gasteiger partial charge in [0.2, 0.25) is 0 Å². The number of nitrogens with one attached hydrogen (secondary N) is 2. The number of aliphatic hydroxyl groups excluding tert-OH is 1. The van der Waals surface area contributed by atoms with Gasteiger partial charge in [0.05, 0.1) is 23.4 Å². The number of aromatic nitrogens is 2. The Morgan fingerprint density at radius 2 is 1.68 bits per heavy atom. The maximum absolute atomic E-state index is 13.5. The summed E-state index contributed by atoms with van der Waals surface area (Å²) < 4.78 is 40.8. The summed E-state index contributed by atoms with van der Waals surface area (Å²) in [6.45, 7) is 3.73. The summed E-state index contributed by atoms with van der Waals surface area (Å²) in [6.07, 6.45) is -4.78. The van der Waals surface area contributed by atoms with Crippen LogP contribution in [0.3, 0.4) is 0 Å². The highest BCUT2D eigenvalue weighted by atomic mass is 127. The molecule has 0 fully saturated rings. The number of nitrogens with zero attached hydrogens (tertiary/aromatic N) is 3. The van der Waals surface area contributed by atoms with E-state index < -0.39 is 27.4 Å². The van der Waals surface area contributed by atoms with Crippen molar-refractivity contribution in [1.29, 1.82) is 5.26 Å². The van der Waals surface area contributed by atoms with E-state index in [2.05, 4.69) is 15.7 Å². The van der Waals surface area contributed by atoms with Crippen LogP contribution in [0.15, 0.2) is 84.9 Å². The number of aliphatic hydroxyl groups is 1. The fourth-order valence-electron chi connectivity index (χ4n) is 4.02. The first-order valence-corrected chi connectivity index (χ1v) is 13.4. The van der Waals surface area contributed by atoms with Crippen LogP contribution in [-0.2, 0) is 6.18 Å². The van der Waals surface area contributed by atoms with Gasteiger partial charge in [-0.25, -0.2) is 4.68 Å². The minimum atomic E-state index is -4.78. The van der Waals surface area contributed by atoms with Crippen molar-refractivity contribution in [2.45, 2.75) is 35.7 Å². The van der Waals surface area contributed by atoms with Crippen LogP contribution in [0.5, 0.6) is 0 Å². The molecule has 206 valence electrons. The Kier molecular flexibility index (Phi) is 8.62. The topological polar surface area (TPSA) is 103 Å². The molecule has 2 unspecified atom stereocenters. The maximum Gasteiger partial charge on any atom is 0.435 e. The third kappa shape index (κ3) is 6.70. The number of alkyl halides is 4. The van der Waals surface area contributed by atoms with Crippen LogP contribution in [0.4, 0.5) is 18.9 Å². The number of hydrogen-bond acceptors (Lipinski definition) is 5. The first kappa shape index (κ1) is 29.3. The fraction of sp³-hybridized carbons (Fsp3) is 0.207. The van der Waals surface area contributed by atoms with Gasteiger partial charge in [-0.2, -0.15) is 23.5 Å². The highest BCUT2D eigenvalue weighted by Crippen LogP contribution is 2.31. The Labute approximate surface area is 242 Å². The van der Waals surface area contributed by atoms with E-state index in [0.717, 1.165) is 15.8 Å². The van der Waals surface area contributed by atoms with E-state index in [1.54, 1.807) is 18.2 Å². The standard InChI is InChI=1S/C29H25F3IN5O2/c1-28(2,27(33)40)36-25(19-9-4-3-5-10-19)20-11-7-12-21(15-20)35-26(39)23-16-24(29(30,31)32)37-38(23)22-13-6-8-18(14-22)17-34/h3-16,25,27,36,40H,1-2H3,(H,35,39). The van der Waals surface area contributed by atoms with E-state index in [1.165, 1.54) is 24.3 Å². The Morgan fingerprint density at radius 3 is 2.33 bits per heavy atom. The summed E-state index contributed by atoms with van der Waals surface area (Å²) in [5.41, 5.74) is 0.118. The molecular weight excluding hydrogens is 634 g/mol. The summed E-state index contributed by atoms with van der Waals surface area (Å²) in [5.74, 6) is -0.810. The Balaban J connectivity index is 1.70. The van der Waals surface area contributed by atoms with E-state index in [0.29, 0.717) is 11.8 Å². The van der Waals surface area contributed by atoms with Gasteiger partial charge in [0, 0.05) is 17.3 Å². The highest BCUT2D eigenvalue weighted by molar-refractivity contribution is 14.1. The summed E-state index contributed by atoms with van der Waals surface area (Å²) in [7, 11) is 0. The normalized spacial score (nSPS) is 13.3. The van der Waals surface area contributed by atoms with Crippen molar-refractivity contribution in [3.05, 3.63) is 113 Å². The average Bonchev–Trinajstić information content (AvgIpc) is 3.39. The maximum atomic E-state index is 13.5. The Morgan fingerprint density at radius 1 is 1.00 bits per heavy atom. The van der Waals surface area contributed by atoms with Crippen molar-refractivity contribution in [2.24, 2.45) is 0 Å². The lowest BCUT2D eigenvalue weighted by molar-refractivity contribution is -0.141. The smallest absolute Gasteiger partial charge is 0.381 e. The molecule has 4 rings (SSSR count). The number of nitriles is 1. The zero-order chi connectivity index (χ0) is 29.1. The predicted molar refractivity (Wildman–Crippen MR) is 153 cm³/mol. The third-order valence-corrected chi connectivity index (χ3v) is 7.73. The van der Waals surface area contributed by atoms with Crippen molar-refractivity contribution in [2.75, 3.05) is 5.32 Å². The molecule has 1 aromatic heterocycles. The fourth-order valence-corrected chi connectivity index (χ4v) is 4.20. The minimum absolute atomic E-state index is 0.140. The van der Waals surface area contributed by atoms with E-state index in [-0.39, 0.29) is 23.0 Å². The average molecular weight is 659 g/mol. The summed E-state index contributed by atoms with van der Waals surface area (Å²) in [6, 6.07) is 24.5. The summed E-state index contributed by atoms with van der Waals surface area (Å²) >= 11 is 1.94. The van der Waals surface area contributed by atoms with Gasteiger partial charge < -0.3 is 10.4 Å². The number of benzene rings is 3. The number of anilines is 1. The van der Waals surface area contributed by atoms with Gasteiger partial charge in [0.25, 0.3) is 5.91 Å². The quantitative estimate of drug-likeness (QED) is 0.154. The van der Waals surface area contributed by atoms with Gasteiger partial charge in [-0.1, -0.05) is 48.5 Å². The monoisotopic (exact) mass is 659 g/mol. The van der Waals surface area contributed by atoms with Gasteiger partial charge in [-0.05, 0) is 77.9 Å². The van der Waals surface area contributed by atoms with Gasteiger partial charge in [0.15, 0.2) is 5.69 Å². The van der Waals surface area contributed by atoms with Crippen LogP contribution in [-0.4, -0.2) is 30.4 Å². The van der Waals surface area contributed by atoms with Gasteiger partial charge >= 0.3 is 6.18 Å². The second-order valence-electron chi connectivity index (χ2n) is 9.61. The van der Waals surface area contributed by atoms with Crippen molar-refractivity contribution < 1.29 is 23.1 Å². The Hall–Kier alpha value is -3.73. The lowest BCUT2D eigenvalue weighted by atomic mass is 9.94. The number of amides is 1. The molecule has 3 aromatic carbocycles. The molecule has 4 aromatic rings. The first-order valence-electron chi connectivity index (χ1n) is 12.1. The number of rotatable bonds is 8. The summed E-state index contributed by atoms with van der Waals surface area (Å²) in [5, 5.41) is 29.3.